The summed E-state index contributed by atoms with van der Waals surface area (Å²) in [6, 6.07) is 55.8. The first-order valence-corrected chi connectivity index (χ1v) is 15.4. The second-order valence-electron chi connectivity index (χ2n) is 11.5. The fourth-order valence-corrected chi connectivity index (χ4v) is 7.05. The number of nitriles is 1. The highest BCUT2D eigenvalue weighted by atomic mass is 15.0. The Morgan fingerprint density at radius 1 is 0.478 bits per heavy atom. The first kappa shape index (κ1) is 26.0. The van der Waals surface area contributed by atoms with E-state index in [1.165, 1.54) is 32.6 Å². The average molecular weight is 587 g/mol. The van der Waals surface area contributed by atoms with E-state index in [0.29, 0.717) is 5.69 Å². The molecule has 9 aromatic rings. The van der Waals surface area contributed by atoms with Gasteiger partial charge in [-0.2, -0.15) is 5.26 Å². The number of pyridine rings is 1. The molecule has 9 rings (SSSR count). The Kier molecular flexibility index (Phi) is 5.84. The van der Waals surface area contributed by atoms with Gasteiger partial charge in [0.15, 0.2) is 0 Å². The van der Waals surface area contributed by atoms with Gasteiger partial charge in [-0.25, -0.2) is 4.98 Å². The van der Waals surface area contributed by atoms with Gasteiger partial charge in [0, 0.05) is 44.7 Å². The van der Waals surface area contributed by atoms with Gasteiger partial charge in [0.25, 0.3) is 0 Å². The van der Waals surface area contributed by atoms with Crippen molar-refractivity contribution in [3.63, 3.8) is 0 Å². The van der Waals surface area contributed by atoms with Crippen LogP contribution in [0.25, 0.3) is 77.2 Å². The Balaban J connectivity index is 1.30. The predicted octanol–water partition coefficient (Wildman–Crippen LogP) is 10.5. The van der Waals surface area contributed by atoms with E-state index in [0.717, 1.165) is 44.7 Å². The van der Waals surface area contributed by atoms with Crippen molar-refractivity contribution in [2.75, 3.05) is 0 Å². The van der Waals surface area contributed by atoms with Gasteiger partial charge in [-0.15, -0.1) is 0 Å². The van der Waals surface area contributed by atoms with E-state index in [1.807, 2.05) is 24.3 Å². The van der Waals surface area contributed by atoms with Crippen LogP contribution in [-0.4, -0.2) is 14.1 Å². The molecule has 4 heteroatoms. The lowest BCUT2D eigenvalue weighted by Crippen LogP contribution is -1.95. The van der Waals surface area contributed by atoms with Crippen molar-refractivity contribution in [2.45, 2.75) is 0 Å². The van der Waals surface area contributed by atoms with Crippen molar-refractivity contribution in [1.82, 2.24) is 14.1 Å². The molecular formula is C42H26N4. The van der Waals surface area contributed by atoms with Crippen LogP contribution in [0.1, 0.15) is 5.69 Å². The summed E-state index contributed by atoms with van der Waals surface area (Å²) < 4.78 is 4.80. The number of rotatable bonds is 4. The SMILES string of the molecule is N#Cc1ncccc1-c1cccc(-c2cccc(-n3c4ccccc4c4c3ccc3c5ccccc5n(-c5ccccc5)c34)c2)c1. The number of hydrogen-bond acceptors (Lipinski definition) is 2. The van der Waals surface area contributed by atoms with E-state index in [4.69, 9.17) is 0 Å². The van der Waals surface area contributed by atoms with E-state index in [1.54, 1.807) is 6.20 Å². The van der Waals surface area contributed by atoms with Crippen LogP contribution in [0.3, 0.4) is 0 Å². The molecule has 46 heavy (non-hydrogen) atoms. The minimum Gasteiger partial charge on any atom is -0.309 e. The van der Waals surface area contributed by atoms with Gasteiger partial charge < -0.3 is 9.13 Å². The average Bonchev–Trinajstić information content (AvgIpc) is 3.65. The van der Waals surface area contributed by atoms with Crippen LogP contribution < -0.4 is 0 Å². The van der Waals surface area contributed by atoms with Crippen LogP contribution in [-0.2, 0) is 0 Å². The van der Waals surface area contributed by atoms with Gasteiger partial charge in [0.2, 0.25) is 0 Å². The molecule has 3 heterocycles. The highest BCUT2D eigenvalue weighted by Crippen LogP contribution is 2.42. The molecule has 0 spiro atoms. The van der Waals surface area contributed by atoms with Crippen LogP contribution in [0, 0.1) is 11.3 Å². The summed E-state index contributed by atoms with van der Waals surface area (Å²) >= 11 is 0. The molecular weight excluding hydrogens is 560 g/mol. The Morgan fingerprint density at radius 3 is 1.98 bits per heavy atom. The summed E-state index contributed by atoms with van der Waals surface area (Å²) in [4.78, 5) is 4.28. The largest absolute Gasteiger partial charge is 0.309 e. The van der Waals surface area contributed by atoms with Crippen molar-refractivity contribution >= 4 is 43.6 Å². The van der Waals surface area contributed by atoms with Crippen molar-refractivity contribution in [2.24, 2.45) is 0 Å². The van der Waals surface area contributed by atoms with E-state index < -0.39 is 0 Å². The molecule has 6 aromatic carbocycles. The van der Waals surface area contributed by atoms with E-state index in [-0.39, 0.29) is 0 Å². The van der Waals surface area contributed by atoms with E-state index in [9.17, 15) is 5.26 Å². The molecule has 0 saturated carbocycles. The normalized spacial score (nSPS) is 11.5. The fourth-order valence-electron chi connectivity index (χ4n) is 7.05. The second-order valence-corrected chi connectivity index (χ2v) is 11.5. The Labute approximate surface area is 265 Å². The molecule has 0 aliphatic rings. The molecule has 0 saturated heterocycles. The number of aromatic nitrogens is 3. The molecule has 0 atom stereocenters. The van der Waals surface area contributed by atoms with Crippen LogP contribution in [0.5, 0.6) is 0 Å². The quantitative estimate of drug-likeness (QED) is 0.206. The maximum Gasteiger partial charge on any atom is 0.148 e. The maximum absolute atomic E-state index is 9.65. The summed E-state index contributed by atoms with van der Waals surface area (Å²) in [7, 11) is 0. The molecule has 0 unspecified atom stereocenters. The minimum absolute atomic E-state index is 0.429. The number of benzene rings is 6. The Morgan fingerprint density at radius 2 is 1.15 bits per heavy atom. The first-order chi connectivity index (χ1) is 22.8. The van der Waals surface area contributed by atoms with Gasteiger partial charge in [-0.1, -0.05) is 91.0 Å². The molecule has 4 nitrogen and oxygen atoms in total. The highest BCUT2D eigenvalue weighted by Gasteiger charge is 2.20. The number of fused-ring (bicyclic) bond motifs is 7. The van der Waals surface area contributed by atoms with Crippen molar-refractivity contribution in [1.29, 1.82) is 5.26 Å². The molecule has 0 radical (unpaired) electrons. The number of para-hydroxylation sites is 3. The Bertz CT molecular complexity index is 2650. The summed E-state index contributed by atoms with van der Waals surface area (Å²) in [6.45, 7) is 0. The lowest BCUT2D eigenvalue weighted by Gasteiger charge is -2.12. The third kappa shape index (κ3) is 3.89. The minimum atomic E-state index is 0.429. The summed E-state index contributed by atoms with van der Waals surface area (Å²) in [5.41, 5.74) is 11.4. The predicted molar refractivity (Wildman–Crippen MR) is 189 cm³/mol. The highest BCUT2D eigenvalue weighted by molar-refractivity contribution is 6.26. The fraction of sp³-hybridized carbons (Fsp3) is 0. The zero-order valence-corrected chi connectivity index (χ0v) is 24.8. The van der Waals surface area contributed by atoms with Gasteiger partial charge in [-0.05, 0) is 77.4 Å². The van der Waals surface area contributed by atoms with Gasteiger partial charge in [0.1, 0.15) is 11.8 Å². The molecule has 3 aromatic heterocycles. The number of nitrogens with zero attached hydrogens (tertiary/aromatic N) is 4. The topological polar surface area (TPSA) is 46.5 Å². The van der Waals surface area contributed by atoms with Gasteiger partial charge in [0.05, 0.1) is 22.1 Å². The maximum atomic E-state index is 9.65. The van der Waals surface area contributed by atoms with Crippen LogP contribution in [0.2, 0.25) is 0 Å². The Hall–Kier alpha value is -6.44. The summed E-state index contributed by atoms with van der Waals surface area (Å²) in [5.74, 6) is 0. The van der Waals surface area contributed by atoms with E-state index >= 15 is 0 Å². The van der Waals surface area contributed by atoms with Crippen molar-refractivity contribution in [3.8, 4) is 39.7 Å². The molecule has 0 aliphatic heterocycles. The summed E-state index contributed by atoms with van der Waals surface area (Å²) in [6.07, 6.45) is 1.66. The molecule has 0 bridgehead atoms. The van der Waals surface area contributed by atoms with Gasteiger partial charge in [-0.3, -0.25) is 0 Å². The van der Waals surface area contributed by atoms with Crippen molar-refractivity contribution in [3.05, 3.63) is 164 Å². The molecule has 0 aliphatic carbocycles. The third-order valence-corrected chi connectivity index (χ3v) is 9.01. The number of hydrogen-bond donors (Lipinski definition) is 0. The van der Waals surface area contributed by atoms with Crippen LogP contribution in [0.4, 0.5) is 0 Å². The summed E-state index contributed by atoms with van der Waals surface area (Å²) in [5, 5.41) is 14.6. The lowest BCUT2D eigenvalue weighted by molar-refractivity contribution is 1.17. The molecule has 0 amide bonds. The monoisotopic (exact) mass is 586 g/mol. The van der Waals surface area contributed by atoms with Crippen molar-refractivity contribution < 1.29 is 0 Å². The smallest absolute Gasteiger partial charge is 0.148 e. The van der Waals surface area contributed by atoms with E-state index in [2.05, 4.69) is 148 Å². The lowest BCUT2D eigenvalue weighted by atomic mass is 9.98. The van der Waals surface area contributed by atoms with Gasteiger partial charge >= 0.3 is 0 Å². The molecule has 0 fully saturated rings. The zero-order chi connectivity index (χ0) is 30.6. The van der Waals surface area contributed by atoms with Crippen LogP contribution in [0.15, 0.2) is 158 Å². The first-order valence-electron chi connectivity index (χ1n) is 15.4. The zero-order valence-electron chi connectivity index (χ0n) is 24.8. The second kappa shape index (κ2) is 10.3. The van der Waals surface area contributed by atoms with Crippen LogP contribution >= 0.6 is 0 Å². The third-order valence-electron chi connectivity index (χ3n) is 9.01. The molecule has 214 valence electrons. The molecule has 0 N–H and O–H groups in total. The standard InChI is InChI=1S/C42H26N4/c43-27-37-33(19-10-24-44-37)30-13-8-11-28(25-30)29-12-9-16-32(26-29)45-39-21-7-5-18-36(39)41-40(45)23-22-35-34-17-4-6-20-38(34)46(42(35)41)31-14-2-1-3-15-31/h1-26H.